The molecule has 2 rings (SSSR count). The predicted molar refractivity (Wildman–Crippen MR) is 91.4 cm³/mol. The van der Waals surface area contributed by atoms with E-state index in [1.807, 2.05) is 38.1 Å². The quantitative estimate of drug-likeness (QED) is 0.829. The highest BCUT2D eigenvalue weighted by molar-refractivity contribution is 7.10. The molecule has 2 amide bonds. The highest BCUT2D eigenvalue weighted by Crippen LogP contribution is 2.29. The molecule has 1 aromatic carbocycles. The smallest absolute Gasteiger partial charge is 0.321 e. The number of halogens is 1. The van der Waals surface area contributed by atoms with Crippen molar-refractivity contribution in [2.45, 2.75) is 13.8 Å². The van der Waals surface area contributed by atoms with Crippen LogP contribution in [-0.4, -0.2) is 33.6 Å². The molecule has 0 saturated heterocycles. The van der Waals surface area contributed by atoms with Crippen LogP contribution in [0.25, 0.3) is 11.3 Å². The third-order valence-corrected chi connectivity index (χ3v) is 3.87. The molecule has 0 unspecified atom stereocenters. The van der Waals surface area contributed by atoms with Crippen molar-refractivity contribution in [2.24, 2.45) is 0 Å². The van der Waals surface area contributed by atoms with Crippen molar-refractivity contribution in [3.63, 3.8) is 0 Å². The molecule has 0 spiro atoms. The van der Waals surface area contributed by atoms with Gasteiger partial charge in [-0.15, -0.1) is 5.10 Å². The second-order valence-electron chi connectivity index (χ2n) is 4.88. The van der Waals surface area contributed by atoms with Crippen LogP contribution in [0.4, 0.5) is 10.5 Å². The number of rotatable bonds is 5. The lowest BCUT2D eigenvalue weighted by Gasteiger charge is -2.21. The Labute approximate surface area is 138 Å². The van der Waals surface area contributed by atoms with E-state index in [4.69, 9.17) is 11.6 Å². The number of nitrogens with zero attached hydrogens (tertiary/aromatic N) is 3. The molecular formula is C15H17ClN4OS. The number of carbonyl (C=O) groups excluding carboxylic acids is 1. The average Bonchev–Trinajstić information content (AvgIpc) is 2.91. The van der Waals surface area contributed by atoms with E-state index < -0.39 is 0 Å². The summed E-state index contributed by atoms with van der Waals surface area (Å²) >= 11 is 7.18. The summed E-state index contributed by atoms with van der Waals surface area (Å²) in [5.74, 6) is 0. The predicted octanol–water partition coefficient (Wildman–Crippen LogP) is 4.29. The van der Waals surface area contributed by atoms with Gasteiger partial charge in [-0.25, -0.2) is 4.79 Å². The van der Waals surface area contributed by atoms with Gasteiger partial charge in [0.1, 0.15) is 10.0 Å². The molecule has 1 N–H and O–H groups in total. The molecule has 0 saturated carbocycles. The van der Waals surface area contributed by atoms with Gasteiger partial charge in [0.05, 0.1) is 0 Å². The maximum atomic E-state index is 12.3. The number of carbonyl (C=O) groups is 1. The van der Waals surface area contributed by atoms with Crippen LogP contribution in [0.3, 0.4) is 0 Å². The zero-order valence-electron chi connectivity index (χ0n) is 12.5. The monoisotopic (exact) mass is 336 g/mol. The van der Waals surface area contributed by atoms with Gasteiger partial charge in [0, 0.05) is 35.9 Å². The number of hydrogen-bond donors (Lipinski definition) is 1. The molecule has 1 heterocycles. The Morgan fingerprint density at radius 2 is 2.27 bits per heavy atom. The highest BCUT2D eigenvalue weighted by Gasteiger charge is 2.13. The fraction of sp³-hybridized carbons (Fsp3) is 0.267. The second kappa shape index (κ2) is 7.38. The van der Waals surface area contributed by atoms with Gasteiger partial charge < -0.3 is 10.2 Å². The number of amides is 2. The van der Waals surface area contributed by atoms with E-state index in [1.54, 1.807) is 4.90 Å². The minimum Gasteiger partial charge on any atom is -0.321 e. The summed E-state index contributed by atoms with van der Waals surface area (Å²) in [5, 5.41) is 6.88. The molecule has 0 radical (unpaired) electrons. The maximum absolute atomic E-state index is 12.3. The molecule has 7 heteroatoms. The summed E-state index contributed by atoms with van der Waals surface area (Å²) in [7, 11) is 0. The minimum absolute atomic E-state index is 0.162. The number of anilines is 1. The van der Waals surface area contributed by atoms with Gasteiger partial charge in [-0.3, -0.25) is 0 Å². The molecule has 0 fully saturated rings. The first-order valence-electron chi connectivity index (χ1n) is 6.80. The molecule has 0 atom stereocenters. The zero-order chi connectivity index (χ0) is 16.1. The second-order valence-corrected chi connectivity index (χ2v) is 6.23. The summed E-state index contributed by atoms with van der Waals surface area (Å²) in [6.45, 7) is 8.81. The van der Waals surface area contributed by atoms with Gasteiger partial charge in [-0.2, -0.15) is 0 Å². The van der Waals surface area contributed by atoms with Crippen molar-refractivity contribution in [2.75, 3.05) is 18.4 Å². The van der Waals surface area contributed by atoms with E-state index in [-0.39, 0.29) is 6.03 Å². The van der Waals surface area contributed by atoms with E-state index in [9.17, 15) is 4.79 Å². The molecule has 0 bridgehead atoms. The summed E-state index contributed by atoms with van der Waals surface area (Å²) in [6, 6.07) is 7.21. The van der Waals surface area contributed by atoms with E-state index >= 15 is 0 Å². The number of benzene rings is 1. The molecule has 2 aromatic rings. The van der Waals surface area contributed by atoms with Gasteiger partial charge in [0.15, 0.2) is 0 Å². The summed E-state index contributed by atoms with van der Waals surface area (Å²) in [5.41, 5.74) is 3.06. The van der Waals surface area contributed by atoms with Crippen molar-refractivity contribution < 1.29 is 4.79 Å². The van der Waals surface area contributed by atoms with Crippen LogP contribution >= 0.6 is 23.1 Å². The molecule has 0 aliphatic heterocycles. The third kappa shape index (κ3) is 4.05. The van der Waals surface area contributed by atoms with Crippen LogP contribution in [0, 0.1) is 0 Å². The first kappa shape index (κ1) is 16.5. The maximum Gasteiger partial charge on any atom is 0.322 e. The van der Waals surface area contributed by atoms with Crippen molar-refractivity contribution in [3.05, 3.63) is 40.8 Å². The molecule has 22 heavy (non-hydrogen) atoms. The van der Waals surface area contributed by atoms with Crippen LogP contribution in [0.5, 0.6) is 0 Å². The average molecular weight is 337 g/mol. The van der Waals surface area contributed by atoms with Gasteiger partial charge in [0.25, 0.3) is 0 Å². The Morgan fingerprint density at radius 1 is 1.50 bits per heavy atom. The summed E-state index contributed by atoms with van der Waals surface area (Å²) in [4.78, 5) is 14.0. The van der Waals surface area contributed by atoms with Gasteiger partial charge in [-0.1, -0.05) is 40.4 Å². The largest absolute Gasteiger partial charge is 0.322 e. The Kier molecular flexibility index (Phi) is 5.51. The molecule has 0 aliphatic carbocycles. The van der Waals surface area contributed by atoms with Crippen molar-refractivity contribution in [1.29, 1.82) is 0 Å². The lowest BCUT2D eigenvalue weighted by molar-refractivity contribution is 0.218. The lowest BCUT2D eigenvalue weighted by Crippen LogP contribution is -2.35. The molecule has 0 aliphatic rings. The van der Waals surface area contributed by atoms with Crippen LogP contribution in [0.15, 0.2) is 36.4 Å². The molecule has 1 aromatic heterocycles. The lowest BCUT2D eigenvalue weighted by atomic mass is 10.1. The Balaban J connectivity index is 2.15. The van der Waals surface area contributed by atoms with Crippen LogP contribution in [0.2, 0.25) is 4.34 Å². The Hall–Kier alpha value is -1.92. The van der Waals surface area contributed by atoms with Crippen molar-refractivity contribution in [3.8, 4) is 11.3 Å². The highest BCUT2D eigenvalue weighted by atomic mass is 35.5. The van der Waals surface area contributed by atoms with E-state index in [1.165, 1.54) is 0 Å². The van der Waals surface area contributed by atoms with Gasteiger partial charge in [-0.05, 0) is 26.0 Å². The third-order valence-electron chi connectivity index (χ3n) is 2.96. The topological polar surface area (TPSA) is 58.1 Å². The van der Waals surface area contributed by atoms with E-state index in [2.05, 4.69) is 21.5 Å². The Morgan fingerprint density at radius 3 is 2.86 bits per heavy atom. The number of likely N-dealkylation sites (N-methyl/N-ethyl adjacent to an activating group) is 1. The number of urea groups is 1. The Bertz CT molecular complexity index is 686. The number of aromatic nitrogens is 2. The molecule has 116 valence electrons. The minimum atomic E-state index is -0.162. The number of hydrogen-bond acceptors (Lipinski definition) is 4. The van der Waals surface area contributed by atoms with Gasteiger partial charge in [0.2, 0.25) is 0 Å². The van der Waals surface area contributed by atoms with Crippen LogP contribution in [-0.2, 0) is 0 Å². The number of nitrogens with one attached hydrogen (secondary N) is 1. The standard InChI is InChI=1S/C15H17ClN4OS/c1-4-20(9-10(2)3)15(21)17-12-7-5-6-11(8-12)13-14(16)22-19-18-13/h5-8H,2,4,9H2,1,3H3,(H,17,21). The summed E-state index contributed by atoms with van der Waals surface area (Å²) in [6.07, 6.45) is 0. The summed E-state index contributed by atoms with van der Waals surface area (Å²) < 4.78 is 4.35. The molecule has 5 nitrogen and oxygen atoms in total. The van der Waals surface area contributed by atoms with Crippen LogP contribution in [0.1, 0.15) is 13.8 Å². The van der Waals surface area contributed by atoms with Gasteiger partial charge >= 0.3 is 6.03 Å². The fourth-order valence-corrected chi connectivity index (χ4v) is 2.63. The SMILES string of the molecule is C=C(C)CN(CC)C(=O)Nc1cccc(-c2nnsc2Cl)c1. The normalized spacial score (nSPS) is 10.3. The first-order valence-corrected chi connectivity index (χ1v) is 7.95. The van der Waals surface area contributed by atoms with Crippen molar-refractivity contribution in [1.82, 2.24) is 14.5 Å². The molecular weight excluding hydrogens is 320 g/mol. The van der Waals surface area contributed by atoms with E-state index in [0.29, 0.717) is 28.8 Å². The van der Waals surface area contributed by atoms with E-state index in [0.717, 1.165) is 22.7 Å². The zero-order valence-corrected chi connectivity index (χ0v) is 14.0. The fourth-order valence-electron chi connectivity index (χ4n) is 1.95. The van der Waals surface area contributed by atoms with Crippen molar-refractivity contribution >= 4 is 34.9 Å². The van der Waals surface area contributed by atoms with Crippen LogP contribution < -0.4 is 5.32 Å². The first-order chi connectivity index (χ1) is 10.5.